The van der Waals surface area contributed by atoms with Gasteiger partial charge in [-0.25, -0.2) is 0 Å². The van der Waals surface area contributed by atoms with E-state index in [4.69, 9.17) is 9.16 Å². The molecule has 0 saturated carbocycles. The molecule has 0 aromatic heterocycles. The number of rotatable bonds is 5. The van der Waals surface area contributed by atoms with Crippen LogP contribution in [0.15, 0.2) is 60.7 Å². The fraction of sp³-hybridized carbons (Fsp3) is 0.435. The molecule has 4 nitrogen and oxygen atoms in total. The molecular weight excluding hydrogens is 366 g/mol. The van der Waals surface area contributed by atoms with Crippen molar-refractivity contribution in [3.63, 3.8) is 0 Å². The van der Waals surface area contributed by atoms with Gasteiger partial charge in [-0.05, 0) is 22.3 Å². The van der Waals surface area contributed by atoms with E-state index in [2.05, 4.69) is 74.6 Å². The first-order valence-corrected chi connectivity index (χ1v) is 11.8. The third-order valence-corrected chi connectivity index (χ3v) is 10.8. The first-order chi connectivity index (χ1) is 13.2. The van der Waals surface area contributed by atoms with Gasteiger partial charge in [0.05, 0.1) is 13.2 Å². The topological polar surface area (TPSA) is 47.6 Å². The van der Waals surface area contributed by atoms with Gasteiger partial charge in [0.2, 0.25) is 0 Å². The lowest BCUT2D eigenvalue weighted by Gasteiger charge is -2.44. The summed E-state index contributed by atoms with van der Waals surface area (Å²) in [6.45, 7) is 9.33. The van der Waals surface area contributed by atoms with Gasteiger partial charge in [-0.15, -0.1) is 0 Å². The Labute approximate surface area is 169 Å². The molecular formula is C23H31NO3Si. The van der Waals surface area contributed by atoms with E-state index in [0.29, 0.717) is 13.0 Å². The van der Waals surface area contributed by atoms with Gasteiger partial charge in [-0.2, -0.15) is 0 Å². The molecule has 2 atom stereocenters. The average molecular weight is 398 g/mol. The van der Waals surface area contributed by atoms with Crippen molar-refractivity contribution in [1.82, 2.24) is 5.32 Å². The number of carbonyl (C=O) groups excluding carboxylic acids is 1. The van der Waals surface area contributed by atoms with Gasteiger partial charge in [0.1, 0.15) is 5.54 Å². The maximum absolute atomic E-state index is 12.3. The summed E-state index contributed by atoms with van der Waals surface area (Å²) >= 11 is 0. The summed E-state index contributed by atoms with van der Waals surface area (Å²) in [6, 6.07) is 21.2. The molecule has 0 bridgehead atoms. The number of ether oxygens (including phenoxy) is 1. The van der Waals surface area contributed by atoms with Crippen molar-refractivity contribution in [2.75, 3.05) is 13.7 Å². The number of nitrogens with one attached hydrogen (secondary N) is 1. The van der Waals surface area contributed by atoms with E-state index in [-0.39, 0.29) is 17.1 Å². The van der Waals surface area contributed by atoms with Crippen LogP contribution in [0.3, 0.4) is 0 Å². The SMILES string of the molecule is COC(=O)[C@@]1(C)C[C@@H](O[Si](c2ccccc2)(c2ccccc2)C(C)(C)C)CN1. The van der Waals surface area contributed by atoms with Crippen LogP contribution in [0.5, 0.6) is 0 Å². The van der Waals surface area contributed by atoms with Crippen LogP contribution >= 0.6 is 0 Å². The molecule has 3 rings (SSSR count). The molecule has 2 aromatic rings. The highest BCUT2D eigenvalue weighted by Crippen LogP contribution is 2.39. The first kappa shape index (κ1) is 20.8. The molecule has 28 heavy (non-hydrogen) atoms. The van der Waals surface area contributed by atoms with Crippen molar-refractivity contribution in [2.45, 2.75) is 50.8 Å². The molecule has 1 aliphatic heterocycles. The van der Waals surface area contributed by atoms with Gasteiger partial charge >= 0.3 is 5.97 Å². The van der Waals surface area contributed by atoms with Crippen molar-refractivity contribution in [3.05, 3.63) is 60.7 Å². The number of hydrogen-bond acceptors (Lipinski definition) is 4. The molecule has 5 heteroatoms. The zero-order valence-corrected chi connectivity index (χ0v) is 18.5. The highest BCUT2D eigenvalue weighted by molar-refractivity contribution is 6.99. The molecule has 1 fully saturated rings. The van der Waals surface area contributed by atoms with Gasteiger partial charge < -0.3 is 9.16 Å². The molecule has 2 aromatic carbocycles. The number of esters is 1. The maximum Gasteiger partial charge on any atom is 0.325 e. The van der Waals surface area contributed by atoms with Gasteiger partial charge in [-0.1, -0.05) is 81.4 Å². The van der Waals surface area contributed by atoms with Crippen LogP contribution in [0.1, 0.15) is 34.1 Å². The first-order valence-electron chi connectivity index (χ1n) is 9.85. The van der Waals surface area contributed by atoms with Gasteiger partial charge in [0, 0.05) is 13.0 Å². The Morgan fingerprint density at radius 1 is 1.04 bits per heavy atom. The standard InChI is InChI=1S/C23H31NO3Si/c1-22(2,3)28(19-12-8-6-9-13-19,20-14-10-7-11-15-20)27-18-16-23(4,24-17-18)21(25)26-5/h6-15,18,24H,16-17H2,1-5H3/t18-,23-/m1/s1. The van der Waals surface area contributed by atoms with Crippen LogP contribution in [0, 0.1) is 0 Å². The summed E-state index contributed by atoms with van der Waals surface area (Å²) in [5, 5.41) is 5.75. The summed E-state index contributed by atoms with van der Waals surface area (Å²) in [5.74, 6) is -0.235. The minimum atomic E-state index is -2.61. The normalized spacial score (nSPS) is 22.8. The number of benzene rings is 2. The molecule has 0 aliphatic carbocycles. The predicted octanol–water partition coefficient (Wildman–Crippen LogP) is 2.86. The lowest BCUT2D eigenvalue weighted by molar-refractivity contribution is -0.147. The molecule has 0 amide bonds. The zero-order chi connectivity index (χ0) is 20.4. The van der Waals surface area contributed by atoms with E-state index in [1.165, 1.54) is 17.5 Å². The van der Waals surface area contributed by atoms with Crippen LogP contribution in [0.2, 0.25) is 5.04 Å². The van der Waals surface area contributed by atoms with Crippen molar-refractivity contribution in [1.29, 1.82) is 0 Å². The van der Waals surface area contributed by atoms with Crippen molar-refractivity contribution < 1.29 is 14.0 Å². The third kappa shape index (κ3) is 3.66. The highest BCUT2D eigenvalue weighted by Gasteiger charge is 2.53. The molecule has 1 aliphatic rings. The summed E-state index contributed by atoms with van der Waals surface area (Å²) in [6.07, 6.45) is 0.542. The molecule has 0 spiro atoms. The van der Waals surface area contributed by atoms with E-state index in [9.17, 15) is 4.79 Å². The van der Waals surface area contributed by atoms with Crippen LogP contribution in [0.25, 0.3) is 0 Å². The Hall–Kier alpha value is -1.95. The molecule has 1 saturated heterocycles. The van der Waals surface area contributed by atoms with E-state index in [1.807, 2.05) is 19.1 Å². The van der Waals surface area contributed by atoms with Gasteiger partial charge in [0.15, 0.2) is 0 Å². The zero-order valence-electron chi connectivity index (χ0n) is 17.5. The largest absolute Gasteiger partial charge is 0.468 e. The molecule has 0 unspecified atom stereocenters. The van der Waals surface area contributed by atoms with E-state index in [0.717, 1.165) is 0 Å². The van der Waals surface area contributed by atoms with E-state index < -0.39 is 13.9 Å². The Morgan fingerprint density at radius 2 is 1.54 bits per heavy atom. The number of methoxy groups -OCH3 is 1. The molecule has 1 heterocycles. The fourth-order valence-electron chi connectivity index (χ4n) is 4.34. The number of hydrogen-bond donors (Lipinski definition) is 1. The minimum Gasteiger partial charge on any atom is -0.468 e. The highest BCUT2D eigenvalue weighted by atomic mass is 28.4. The van der Waals surface area contributed by atoms with Gasteiger partial charge in [0.25, 0.3) is 8.32 Å². The summed E-state index contributed by atoms with van der Waals surface area (Å²) in [7, 11) is -1.18. The van der Waals surface area contributed by atoms with Crippen molar-refractivity contribution >= 4 is 24.7 Å². The second-order valence-corrected chi connectivity index (χ2v) is 13.1. The molecule has 1 N–H and O–H groups in total. The second-order valence-electron chi connectivity index (χ2n) is 8.81. The Bertz CT molecular complexity index is 764. The lowest BCUT2D eigenvalue weighted by atomic mass is 10.00. The Morgan fingerprint density at radius 3 is 1.96 bits per heavy atom. The second kappa shape index (κ2) is 7.82. The smallest absolute Gasteiger partial charge is 0.325 e. The van der Waals surface area contributed by atoms with Crippen LogP contribution in [-0.4, -0.2) is 39.6 Å². The summed E-state index contributed by atoms with van der Waals surface area (Å²) in [5.41, 5.74) is -0.704. The molecule has 150 valence electrons. The third-order valence-electron chi connectivity index (χ3n) is 5.75. The van der Waals surface area contributed by atoms with Gasteiger partial charge in [-0.3, -0.25) is 10.1 Å². The van der Waals surface area contributed by atoms with Crippen molar-refractivity contribution in [2.24, 2.45) is 0 Å². The Kier molecular flexibility index (Phi) is 5.80. The fourth-order valence-corrected chi connectivity index (χ4v) is 9.03. The minimum absolute atomic E-state index is 0.0598. The van der Waals surface area contributed by atoms with E-state index >= 15 is 0 Å². The van der Waals surface area contributed by atoms with Crippen molar-refractivity contribution in [3.8, 4) is 0 Å². The monoisotopic (exact) mass is 397 g/mol. The van der Waals surface area contributed by atoms with E-state index in [1.54, 1.807) is 0 Å². The average Bonchev–Trinajstić information content (AvgIpc) is 3.07. The summed E-state index contributed by atoms with van der Waals surface area (Å²) < 4.78 is 12.1. The summed E-state index contributed by atoms with van der Waals surface area (Å²) in [4.78, 5) is 12.3. The number of carbonyl (C=O) groups is 1. The molecule has 0 radical (unpaired) electrons. The van der Waals surface area contributed by atoms with Crippen LogP contribution < -0.4 is 15.7 Å². The lowest BCUT2D eigenvalue weighted by Crippen LogP contribution is -2.67. The van der Waals surface area contributed by atoms with Crippen LogP contribution in [-0.2, 0) is 14.0 Å². The maximum atomic E-state index is 12.3. The van der Waals surface area contributed by atoms with Crippen LogP contribution in [0.4, 0.5) is 0 Å². The Balaban J connectivity index is 2.06. The quantitative estimate of drug-likeness (QED) is 0.623. The predicted molar refractivity (Wildman–Crippen MR) is 116 cm³/mol.